The van der Waals surface area contributed by atoms with E-state index in [0.29, 0.717) is 6.54 Å². The molecule has 4 heteroatoms. The molecule has 0 spiro atoms. The molecule has 100 valence electrons. The maximum Gasteiger partial charge on any atom is 0.329 e. The van der Waals surface area contributed by atoms with Crippen molar-refractivity contribution < 1.29 is 9.53 Å². The lowest BCUT2D eigenvalue weighted by Crippen LogP contribution is -2.50. The first-order valence-corrected chi connectivity index (χ1v) is 7.07. The third-order valence-electron chi connectivity index (χ3n) is 4.13. The summed E-state index contributed by atoms with van der Waals surface area (Å²) in [5.74, 6) is 0.501. The SMILES string of the molecule is C[C@@H](CC1CCCCC1)OC(=O)[C@@H]1CCN1C#N. The van der Waals surface area contributed by atoms with Gasteiger partial charge < -0.3 is 4.74 Å². The number of carbonyl (C=O) groups is 1. The average molecular weight is 250 g/mol. The molecule has 4 nitrogen and oxygen atoms in total. The van der Waals surface area contributed by atoms with E-state index in [9.17, 15) is 4.79 Å². The minimum atomic E-state index is -0.316. The van der Waals surface area contributed by atoms with Crippen LogP contribution in [0.5, 0.6) is 0 Å². The summed E-state index contributed by atoms with van der Waals surface area (Å²) in [6.07, 6.45) is 10.3. The number of hydrogen-bond donors (Lipinski definition) is 0. The van der Waals surface area contributed by atoms with E-state index in [0.717, 1.165) is 18.8 Å². The Hall–Kier alpha value is -1.24. The number of carbonyl (C=O) groups excluding carboxylic acids is 1. The monoisotopic (exact) mass is 250 g/mol. The molecule has 1 heterocycles. The van der Waals surface area contributed by atoms with Crippen LogP contribution in [0.15, 0.2) is 0 Å². The number of nitrogens with zero attached hydrogens (tertiary/aromatic N) is 2. The van der Waals surface area contributed by atoms with Gasteiger partial charge in [-0.15, -0.1) is 0 Å². The molecule has 2 fully saturated rings. The highest BCUT2D eigenvalue weighted by Gasteiger charge is 2.35. The van der Waals surface area contributed by atoms with E-state index >= 15 is 0 Å². The summed E-state index contributed by atoms with van der Waals surface area (Å²) in [5.41, 5.74) is 0. The molecule has 18 heavy (non-hydrogen) atoms. The largest absolute Gasteiger partial charge is 0.461 e. The second kappa shape index (κ2) is 6.08. The Bertz CT molecular complexity index is 331. The molecule has 0 unspecified atom stereocenters. The van der Waals surface area contributed by atoms with Crippen molar-refractivity contribution in [3.05, 3.63) is 0 Å². The van der Waals surface area contributed by atoms with Crippen molar-refractivity contribution in [1.82, 2.24) is 4.90 Å². The summed E-state index contributed by atoms with van der Waals surface area (Å²) in [7, 11) is 0. The minimum Gasteiger partial charge on any atom is -0.461 e. The Kier molecular flexibility index (Phi) is 4.46. The third kappa shape index (κ3) is 3.16. The molecule has 0 amide bonds. The smallest absolute Gasteiger partial charge is 0.329 e. The van der Waals surface area contributed by atoms with Crippen LogP contribution in [0, 0.1) is 17.4 Å². The van der Waals surface area contributed by atoms with E-state index < -0.39 is 0 Å². The van der Waals surface area contributed by atoms with Gasteiger partial charge in [-0.2, -0.15) is 5.26 Å². The highest BCUT2D eigenvalue weighted by atomic mass is 16.5. The van der Waals surface area contributed by atoms with Gasteiger partial charge in [-0.25, -0.2) is 4.79 Å². The summed E-state index contributed by atoms with van der Waals surface area (Å²) in [4.78, 5) is 13.3. The highest BCUT2D eigenvalue weighted by Crippen LogP contribution is 2.28. The van der Waals surface area contributed by atoms with Gasteiger partial charge in [0, 0.05) is 6.54 Å². The molecule has 0 aromatic carbocycles. The quantitative estimate of drug-likeness (QED) is 0.568. The molecule has 2 rings (SSSR count). The second-order valence-corrected chi connectivity index (χ2v) is 5.59. The van der Waals surface area contributed by atoms with Crippen LogP contribution in [0.25, 0.3) is 0 Å². The fraction of sp³-hybridized carbons (Fsp3) is 0.857. The first-order valence-electron chi connectivity index (χ1n) is 7.07. The lowest BCUT2D eigenvalue weighted by atomic mass is 9.85. The van der Waals surface area contributed by atoms with Crippen LogP contribution in [-0.4, -0.2) is 29.6 Å². The highest BCUT2D eigenvalue weighted by molar-refractivity contribution is 5.77. The van der Waals surface area contributed by atoms with Crippen LogP contribution in [0.3, 0.4) is 0 Å². The molecule has 0 aromatic heterocycles. The maximum absolute atomic E-state index is 11.8. The van der Waals surface area contributed by atoms with Gasteiger partial charge in [-0.3, -0.25) is 4.90 Å². The number of nitriles is 1. The predicted molar refractivity (Wildman–Crippen MR) is 67.5 cm³/mol. The fourth-order valence-corrected chi connectivity index (χ4v) is 2.97. The molecule has 2 atom stereocenters. The molecule has 0 aromatic rings. The van der Waals surface area contributed by atoms with Crippen LogP contribution in [-0.2, 0) is 9.53 Å². The molecular weight excluding hydrogens is 228 g/mol. The lowest BCUT2D eigenvalue weighted by Gasteiger charge is -2.35. The van der Waals surface area contributed by atoms with Gasteiger partial charge in [0.05, 0.1) is 6.10 Å². The van der Waals surface area contributed by atoms with Crippen LogP contribution < -0.4 is 0 Å². The van der Waals surface area contributed by atoms with E-state index in [2.05, 4.69) is 0 Å². The Balaban J connectivity index is 1.71. The molecule has 0 radical (unpaired) electrons. The zero-order valence-corrected chi connectivity index (χ0v) is 11.1. The van der Waals surface area contributed by atoms with Gasteiger partial charge in [-0.1, -0.05) is 32.1 Å². The molecule has 1 saturated carbocycles. The summed E-state index contributed by atoms with van der Waals surface area (Å²) in [5, 5.41) is 8.77. The molecule has 1 aliphatic carbocycles. The second-order valence-electron chi connectivity index (χ2n) is 5.59. The van der Waals surface area contributed by atoms with Crippen molar-refractivity contribution in [2.75, 3.05) is 6.54 Å². The van der Waals surface area contributed by atoms with Crippen molar-refractivity contribution in [3.8, 4) is 6.19 Å². The predicted octanol–water partition coefficient (Wildman–Crippen LogP) is 2.44. The van der Waals surface area contributed by atoms with Crippen LogP contribution in [0.2, 0.25) is 0 Å². The summed E-state index contributed by atoms with van der Waals surface area (Å²) < 4.78 is 5.46. The number of hydrogen-bond acceptors (Lipinski definition) is 4. The standard InChI is InChI=1S/C14H22N2O2/c1-11(9-12-5-3-2-4-6-12)18-14(17)13-7-8-16(13)10-15/h11-13H,2-9H2,1H3/t11-,13-/m0/s1. The third-order valence-corrected chi connectivity index (χ3v) is 4.13. The summed E-state index contributed by atoms with van der Waals surface area (Å²) in [6.45, 7) is 2.66. The number of likely N-dealkylation sites (tertiary alicyclic amines) is 1. The fourth-order valence-electron chi connectivity index (χ4n) is 2.97. The van der Waals surface area contributed by atoms with Gasteiger partial charge >= 0.3 is 5.97 Å². The topological polar surface area (TPSA) is 53.3 Å². The zero-order valence-electron chi connectivity index (χ0n) is 11.1. The Labute approximate surface area is 109 Å². The molecule has 2 aliphatic rings. The van der Waals surface area contributed by atoms with E-state index in [-0.39, 0.29) is 18.1 Å². The number of rotatable bonds is 4. The van der Waals surface area contributed by atoms with Gasteiger partial charge in [0.25, 0.3) is 0 Å². The first-order chi connectivity index (χ1) is 8.70. The first kappa shape index (κ1) is 13.2. The molecule has 0 N–H and O–H groups in total. The zero-order chi connectivity index (χ0) is 13.0. The van der Waals surface area contributed by atoms with Crippen LogP contribution in [0.4, 0.5) is 0 Å². The Morgan fingerprint density at radius 1 is 1.39 bits per heavy atom. The van der Waals surface area contributed by atoms with Gasteiger partial charge in [0.2, 0.25) is 0 Å². The van der Waals surface area contributed by atoms with E-state index in [1.165, 1.54) is 37.0 Å². The van der Waals surface area contributed by atoms with E-state index in [1.54, 1.807) is 0 Å². The molecule has 1 saturated heterocycles. The summed E-state index contributed by atoms with van der Waals surface area (Å²) >= 11 is 0. The normalized spacial score (nSPS) is 26.0. The average Bonchev–Trinajstić information content (AvgIpc) is 2.28. The maximum atomic E-state index is 11.8. The molecule has 1 aliphatic heterocycles. The van der Waals surface area contributed by atoms with Gasteiger partial charge in [0.1, 0.15) is 6.04 Å². The van der Waals surface area contributed by atoms with Crippen LogP contribution >= 0.6 is 0 Å². The van der Waals surface area contributed by atoms with Crippen molar-refractivity contribution in [1.29, 1.82) is 5.26 Å². The Morgan fingerprint density at radius 2 is 2.11 bits per heavy atom. The summed E-state index contributed by atoms with van der Waals surface area (Å²) in [6, 6.07) is -0.316. The van der Waals surface area contributed by atoms with E-state index in [1.807, 2.05) is 13.1 Å². The van der Waals surface area contributed by atoms with Crippen molar-refractivity contribution >= 4 is 5.97 Å². The number of ether oxygens (including phenoxy) is 1. The molecular formula is C14H22N2O2. The van der Waals surface area contributed by atoms with Crippen LogP contribution in [0.1, 0.15) is 51.9 Å². The molecule has 0 bridgehead atoms. The van der Waals surface area contributed by atoms with E-state index in [4.69, 9.17) is 10.00 Å². The lowest BCUT2D eigenvalue weighted by molar-refractivity contribution is -0.158. The van der Waals surface area contributed by atoms with Gasteiger partial charge in [-0.05, 0) is 25.7 Å². The van der Waals surface area contributed by atoms with Crippen molar-refractivity contribution in [3.63, 3.8) is 0 Å². The van der Waals surface area contributed by atoms with Crippen molar-refractivity contribution in [2.45, 2.75) is 64.0 Å². The van der Waals surface area contributed by atoms with Crippen molar-refractivity contribution in [2.24, 2.45) is 5.92 Å². The van der Waals surface area contributed by atoms with Gasteiger partial charge in [0.15, 0.2) is 6.19 Å². The minimum absolute atomic E-state index is 0.0123. The Morgan fingerprint density at radius 3 is 2.67 bits per heavy atom. The number of esters is 1.